The second kappa shape index (κ2) is 8.35. The normalized spacial score (nSPS) is 16.6. The van der Waals surface area contributed by atoms with Gasteiger partial charge in [-0.25, -0.2) is 4.68 Å². The fourth-order valence-electron chi connectivity index (χ4n) is 3.79. The first-order valence-electron chi connectivity index (χ1n) is 9.67. The number of benzene rings is 1. The van der Waals surface area contributed by atoms with Crippen molar-refractivity contribution in [3.63, 3.8) is 0 Å². The van der Waals surface area contributed by atoms with Crippen LogP contribution in [-0.4, -0.2) is 51.3 Å². The molecule has 1 saturated heterocycles. The molecular formula is C20H26N6O. The standard InChI is InChI=1S/C20H26N6O/c1-2-7-19(20-21-22-23-26(20)16-18-10-6-15-27-18)25-13-11-24(12-14-25)17-8-4-3-5-9-17/h3-6,8-10,15,19H,2,7,11-14,16H2,1H3/t19-/m0/s1. The second-order valence-corrected chi connectivity index (χ2v) is 6.94. The van der Waals surface area contributed by atoms with Crippen LogP contribution in [0.25, 0.3) is 0 Å². The number of piperazine rings is 1. The highest BCUT2D eigenvalue weighted by Crippen LogP contribution is 2.26. The maximum atomic E-state index is 5.47. The van der Waals surface area contributed by atoms with Gasteiger partial charge in [-0.05, 0) is 41.1 Å². The minimum atomic E-state index is 0.234. The molecule has 0 bridgehead atoms. The molecule has 1 aliphatic rings. The molecule has 27 heavy (non-hydrogen) atoms. The zero-order chi connectivity index (χ0) is 18.5. The van der Waals surface area contributed by atoms with E-state index in [1.807, 2.05) is 16.8 Å². The van der Waals surface area contributed by atoms with Crippen LogP contribution in [0.2, 0.25) is 0 Å². The molecule has 3 aromatic rings. The summed E-state index contributed by atoms with van der Waals surface area (Å²) in [7, 11) is 0. The first-order valence-corrected chi connectivity index (χ1v) is 9.67. The summed E-state index contributed by atoms with van der Waals surface area (Å²) in [5.74, 6) is 1.80. The number of tetrazole rings is 1. The Balaban J connectivity index is 1.47. The molecule has 1 atom stereocenters. The summed E-state index contributed by atoms with van der Waals surface area (Å²) in [6.45, 7) is 6.84. The zero-order valence-electron chi connectivity index (χ0n) is 15.7. The van der Waals surface area contributed by atoms with Crippen LogP contribution >= 0.6 is 0 Å². The number of para-hydroxylation sites is 1. The van der Waals surface area contributed by atoms with Gasteiger partial charge in [0.2, 0.25) is 0 Å². The largest absolute Gasteiger partial charge is 0.467 e. The van der Waals surface area contributed by atoms with E-state index < -0.39 is 0 Å². The van der Waals surface area contributed by atoms with E-state index in [2.05, 4.69) is 62.6 Å². The Bertz CT molecular complexity index is 808. The molecule has 0 amide bonds. The SMILES string of the molecule is CCC[C@@H](c1nnnn1Cc1ccco1)N1CCN(c2ccccc2)CC1. The van der Waals surface area contributed by atoms with Gasteiger partial charge in [-0.1, -0.05) is 31.5 Å². The van der Waals surface area contributed by atoms with Crippen LogP contribution in [0, 0.1) is 0 Å². The highest BCUT2D eigenvalue weighted by atomic mass is 16.3. The van der Waals surface area contributed by atoms with Gasteiger partial charge in [0, 0.05) is 31.9 Å². The number of nitrogens with zero attached hydrogens (tertiary/aromatic N) is 6. The lowest BCUT2D eigenvalue weighted by Crippen LogP contribution is -2.48. The van der Waals surface area contributed by atoms with Crippen molar-refractivity contribution in [2.24, 2.45) is 0 Å². The molecule has 4 rings (SSSR count). The van der Waals surface area contributed by atoms with Crippen molar-refractivity contribution in [2.75, 3.05) is 31.1 Å². The molecule has 0 unspecified atom stereocenters. The fourth-order valence-corrected chi connectivity index (χ4v) is 3.79. The van der Waals surface area contributed by atoms with Gasteiger partial charge >= 0.3 is 0 Å². The molecule has 0 N–H and O–H groups in total. The third kappa shape index (κ3) is 4.03. The van der Waals surface area contributed by atoms with Crippen molar-refractivity contribution in [3.8, 4) is 0 Å². The van der Waals surface area contributed by atoms with Crippen LogP contribution in [0.5, 0.6) is 0 Å². The van der Waals surface area contributed by atoms with E-state index in [0.717, 1.165) is 50.6 Å². The number of anilines is 1. The molecule has 0 aliphatic carbocycles. The van der Waals surface area contributed by atoms with Crippen molar-refractivity contribution >= 4 is 5.69 Å². The summed E-state index contributed by atoms with van der Waals surface area (Å²) in [4.78, 5) is 4.97. The highest BCUT2D eigenvalue weighted by Gasteiger charge is 2.28. The predicted molar refractivity (Wildman–Crippen MR) is 104 cm³/mol. The summed E-state index contributed by atoms with van der Waals surface area (Å²) in [6, 6.07) is 14.7. The molecule has 0 saturated carbocycles. The van der Waals surface area contributed by atoms with Crippen LogP contribution in [0.15, 0.2) is 53.1 Å². The van der Waals surface area contributed by atoms with Gasteiger partial charge in [0.1, 0.15) is 12.3 Å². The monoisotopic (exact) mass is 366 g/mol. The molecule has 3 heterocycles. The Morgan fingerprint density at radius 2 is 1.85 bits per heavy atom. The van der Waals surface area contributed by atoms with Gasteiger partial charge in [-0.3, -0.25) is 4.90 Å². The summed E-state index contributed by atoms with van der Waals surface area (Å²) >= 11 is 0. The highest BCUT2D eigenvalue weighted by molar-refractivity contribution is 5.46. The van der Waals surface area contributed by atoms with Gasteiger partial charge in [0.15, 0.2) is 5.82 Å². The molecular weight excluding hydrogens is 340 g/mol. The molecule has 7 heteroatoms. The van der Waals surface area contributed by atoms with Gasteiger partial charge < -0.3 is 9.32 Å². The van der Waals surface area contributed by atoms with Crippen molar-refractivity contribution in [2.45, 2.75) is 32.4 Å². The van der Waals surface area contributed by atoms with Crippen LogP contribution < -0.4 is 4.90 Å². The molecule has 142 valence electrons. The Kier molecular flexibility index (Phi) is 5.48. The molecule has 2 aromatic heterocycles. The van der Waals surface area contributed by atoms with Crippen molar-refractivity contribution in [1.29, 1.82) is 0 Å². The van der Waals surface area contributed by atoms with Gasteiger partial charge in [-0.15, -0.1) is 5.10 Å². The molecule has 0 spiro atoms. The molecule has 0 radical (unpaired) electrons. The number of aromatic nitrogens is 4. The third-order valence-electron chi connectivity index (χ3n) is 5.18. The topological polar surface area (TPSA) is 63.2 Å². The minimum Gasteiger partial charge on any atom is -0.467 e. The Morgan fingerprint density at radius 3 is 2.56 bits per heavy atom. The lowest BCUT2D eigenvalue weighted by atomic mass is 10.1. The zero-order valence-corrected chi connectivity index (χ0v) is 15.7. The Morgan fingerprint density at radius 1 is 1.04 bits per heavy atom. The quantitative estimate of drug-likeness (QED) is 0.641. The predicted octanol–water partition coefficient (Wildman–Crippen LogP) is 2.98. The van der Waals surface area contributed by atoms with Crippen LogP contribution in [0.4, 0.5) is 5.69 Å². The van der Waals surface area contributed by atoms with Crippen molar-refractivity contribution in [1.82, 2.24) is 25.1 Å². The second-order valence-electron chi connectivity index (χ2n) is 6.94. The Labute approximate surface area is 159 Å². The minimum absolute atomic E-state index is 0.234. The summed E-state index contributed by atoms with van der Waals surface area (Å²) in [5.41, 5.74) is 1.30. The van der Waals surface area contributed by atoms with E-state index in [1.54, 1.807) is 6.26 Å². The summed E-state index contributed by atoms with van der Waals surface area (Å²) < 4.78 is 7.35. The number of rotatable bonds is 7. The van der Waals surface area contributed by atoms with E-state index >= 15 is 0 Å². The van der Waals surface area contributed by atoms with E-state index in [0.29, 0.717) is 6.54 Å². The first-order chi connectivity index (χ1) is 13.3. The molecule has 1 aromatic carbocycles. The van der Waals surface area contributed by atoms with Crippen molar-refractivity contribution < 1.29 is 4.42 Å². The summed E-state index contributed by atoms with van der Waals surface area (Å²) in [6.07, 6.45) is 3.83. The Hall–Kier alpha value is -2.67. The van der Waals surface area contributed by atoms with Crippen molar-refractivity contribution in [3.05, 3.63) is 60.3 Å². The smallest absolute Gasteiger partial charge is 0.168 e. The third-order valence-corrected chi connectivity index (χ3v) is 5.18. The number of furan rings is 1. The van der Waals surface area contributed by atoms with Gasteiger partial charge in [0.25, 0.3) is 0 Å². The lowest BCUT2D eigenvalue weighted by Gasteiger charge is -2.39. The summed E-state index contributed by atoms with van der Waals surface area (Å²) in [5, 5.41) is 12.5. The lowest BCUT2D eigenvalue weighted by molar-refractivity contribution is 0.164. The average Bonchev–Trinajstić information content (AvgIpc) is 3.40. The van der Waals surface area contributed by atoms with Gasteiger partial charge in [-0.2, -0.15) is 0 Å². The van der Waals surface area contributed by atoms with E-state index in [1.165, 1.54) is 5.69 Å². The van der Waals surface area contributed by atoms with E-state index in [9.17, 15) is 0 Å². The van der Waals surface area contributed by atoms with E-state index in [4.69, 9.17) is 4.42 Å². The number of hydrogen-bond donors (Lipinski definition) is 0. The van der Waals surface area contributed by atoms with Crippen LogP contribution in [0.1, 0.15) is 37.4 Å². The van der Waals surface area contributed by atoms with Gasteiger partial charge in [0.05, 0.1) is 12.3 Å². The maximum Gasteiger partial charge on any atom is 0.168 e. The maximum absolute atomic E-state index is 5.47. The molecule has 1 fully saturated rings. The first kappa shape index (κ1) is 17.7. The van der Waals surface area contributed by atoms with Crippen LogP contribution in [0.3, 0.4) is 0 Å². The molecule has 1 aliphatic heterocycles. The molecule has 7 nitrogen and oxygen atoms in total. The fraction of sp³-hybridized carbons (Fsp3) is 0.450. The average molecular weight is 366 g/mol. The van der Waals surface area contributed by atoms with Crippen LogP contribution in [-0.2, 0) is 6.54 Å². The van der Waals surface area contributed by atoms with E-state index in [-0.39, 0.29) is 6.04 Å². The number of hydrogen-bond acceptors (Lipinski definition) is 6.